The van der Waals surface area contributed by atoms with E-state index >= 15 is 4.39 Å². The lowest BCUT2D eigenvalue weighted by Crippen LogP contribution is -2.11. The molecule has 0 saturated heterocycles. The molecule has 10 heteroatoms. The van der Waals surface area contributed by atoms with Crippen LogP contribution in [0, 0.1) is 30.4 Å². The Hall–Kier alpha value is -4.21. The molecular weight excluding hydrogens is 480 g/mol. The Labute approximate surface area is 211 Å². The van der Waals surface area contributed by atoms with Crippen LogP contribution in [0.4, 0.5) is 8.78 Å². The van der Waals surface area contributed by atoms with Gasteiger partial charge in [-0.15, -0.1) is 10.2 Å². The first-order chi connectivity index (χ1) is 17.9. The highest BCUT2D eigenvalue weighted by Crippen LogP contribution is 2.61. The molecule has 1 fully saturated rings. The van der Waals surface area contributed by atoms with E-state index in [9.17, 15) is 9.18 Å². The van der Waals surface area contributed by atoms with E-state index in [1.54, 1.807) is 38.2 Å². The fourth-order valence-electron chi connectivity index (χ4n) is 5.33. The van der Waals surface area contributed by atoms with Gasteiger partial charge in [0.1, 0.15) is 18.2 Å². The molecule has 2 aliphatic carbocycles. The van der Waals surface area contributed by atoms with Crippen LogP contribution in [0.5, 0.6) is 5.88 Å². The number of aromatic amines is 1. The first kappa shape index (κ1) is 23.2. The van der Waals surface area contributed by atoms with Crippen LogP contribution in [0.3, 0.4) is 0 Å². The minimum absolute atomic E-state index is 0.0637. The van der Waals surface area contributed by atoms with Crippen molar-refractivity contribution in [2.24, 2.45) is 11.8 Å². The third-order valence-electron chi connectivity index (χ3n) is 7.17. The van der Waals surface area contributed by atoms with Crippen molar-refractivity contribution in [2.75, 3.05) is 6.61 Å². The zero-order valence-corrected chi connectivity index (χ0v) is 20.2. The molecule has 4 aromatic rings. The van der Waals surface area contributed by atoms with E-state index in [0.717, 1.165) is 17.5 Å². The minimum atomic E-state index is -0.483. The van der Waals surface area contributed by atoms with Gasteiger partial charge in [-0.2, -0.15) is 5.21 Å². The number of fused-ring (bicyclic) bond motifs is 3. The minimum Gasteiger partial charge on any atom is -0.473 e. The van der Waals surface area contributed by atoms with E-state index in [4.69, 9.17) is 9.47 Å². The first-order valence-corrected chi connectivity index (χ1v) is 12.1. The third kappa shape index (κ3) is 4.12. The zero-order valence-electron chi connectivity index (χ0n) is 20.2. The predicted molar refractivity (Wildman–Crippen MR) is 128 cm³/mol. The fourth-order valence-corrected chi connectivity index (χ4v) is 5.33. The lowest BCUT2D eigenvalue weighted by atomic mass is 9.96. The molecule has 188 valence electrons. The SMILES string of the molecule is CCOC(=O)[C@H]1[C@@H]2Cc3cc(OCc4cc(-c5ccc(-c6nn[nH]n6)cc5F)c(C)cc4F)ncc3[C@@H]21. The van der Waals surface area contributed by atoms with Crippen molar-refractivity contribution in [1.82, 2.24) is 25.6 Å². The molecular formula is C27H23F2N5O3. The Morgan fingerprint density at radius 3 is 2.76 bits per heavy atom. The van der Waals surface area contributed by atoms with Crippen molar-refractivity contribution in [3.8, 4) is 28.4 Å². The van der Waals surface area contributed by atoms with E-state index in [1.807, 2.05) is 6.07 Å². The molecule has 2 aliphatic rings. The molecule has 0 aliphatic heterocycles. The molecule has 8 nitrogen and oxygen atoms in total. The van der Waals surface area contributed by atoms with Crippen molar-refractivity contribution >= 4 is 5.97 Å². The second-order valence-electron chi connectivity index (χ2n) is 9.37. The standard InChI is InChI=1S/C27H23F2N5O3/c1-3-36-27(35)25-19-7-15-10-23(30-11-20(15)24(19)25)37-12-16-8-18(13(2)6-21(16)28)17-5-4-14(9-22(17)29)26-31-33-34-32-26/h4-6,8-11,19,24-25H,3,7,12H2,1-2H3,(H,31,32,33,34)/t19-,24-,25+/m1/s1. The number of hydrogen-bond acceptors (Lipinski definition) is 7. The van der Waals surface area contributed by atoms with Crippen LogP contribution in [-0.4, -0.2) is 38.2 Å². The summed E-state index contributed by atoms with van der Waals surface area (Å²) < 4.78 is 40.8. The maximum atomic E-state index is 15.0. The largest absolute Gasteiger partial charge is 0.473 e. The molecule has 2 heterocycles. The van der Waals surface area contributed by atoms with Gasteiger partial charge < -0.3 is 9.47 Å². The fraction of sp³-hybridized carbons (Fsp3) is 0.296. The van der Waals surface area contributed by atoms with E-state index in [1.165, 1.54) is 12.1 Å². The van der Waals surface area contributed by atoms with Crippen LogP contribution < -0.4 is 4.74 Å². The smallest absolute Gasteiger partial charge is 0.309 e. The topological polar surface area (TPSA) is 103 Å². The van der Waals surface area contributed by atoms with E-state index in [2.05, 4.69) is 25.6 Å². The number of carbonyl (C=O) groups is 1. The number of aryl methyl sites for hydroxylation is 1. The second kappa shape index (κ2) is 9.02. The monoisotopic (exact) mass is 503 g/mol. The number of esters is 1. The lowest BCUT2D eigenvalue weighted by Gasteiger charge is -2.13. The van der Waals surface area contributed by atoms with Crippen molar-refractivity contribution in [3.63, 3.8) is 0 Å². The number of rotatable bonds is 7. The van der Waals surface area contributed by atoms with Crippen molar-refractivity contribution in [1.29, 1.82) is 0 Å². The molecule has 1 saturated carbocycles. The number of nitrogens with one attached hydrogen (secondary N) is 1. The van der Waals surface area contributed by atoms with Gasteiger partial charge in [-0.05, 0) is 71.9 Å². The molecule has 0 bridgehead atoms. The highest BCUT2D eigenvalue weighted by atomic mass is 19.1. The van der Waals surface area contributed by atoms with Gasteiger partial charge in [0.15, 0.2) is 0 Å². The van der Waals surface area contributed by atoms with Crippen LogP contribution in [0.25, 0.3) is 22.5 Å². The predicted octanol–water partition coefficient (Wildman–Crippen LogP) is 4.54. The number of hydrogen-bond donors (Lipinski definition) is 1. The van der Waals surface area contributed by atoms with Gasteiger partial charge >= 0.3 is 5.97 Å². The number of nitrogens with zero attached hydrogens (tertiary/aromatic N) is 4. The Morgan fingerprint density at radius 1 is 1.14 bits per heavy atom. The average Bonchev–Trinajstić information content (AvgIpc) is 3.20. The van der Waals surface area contributed by atoms with E-state index < -0.39 is 11.6 Å². The van der Waals surface area contributed by atoms with Gasteiger partial charge in [0, 0.05) is 34.9 Å². The van der Waals surface area contributed by atoms with Crippen LogP contribution >= 0.6 is 0 Å². The Kier molecular flexibility index (Phi) is 5.66. The maximum Gasteiger partial charge on any atom is 0.309 e. The first-order valence-electron chi connectivity index (χ1n) is 12.1. The van der Waals surface area contributed by atoms with Crippen molar-refractivity contribution in [2.45, 2.75) is 32.8 Å². The summed E-state index contributed by atoms with van der Waals surface area (Å²) in [5.41, 5.74) is 4.40. The number of halogens is 2. The molecule has 2 aromatic carbocycles. The number of aromatic nitrogens is 5. The van der Waals surface area contributed by atoms with E-state index in [-0.39, 0.29) is 41.7 Å². The van der Waals surface area contributed by atoms with Gasteiger partial charge in [0.05, 0.1) is 12.5 Å². The third-order valence-corrected chi connectivity index (χ3v) is 7.17. The number of ether oxygens (including phenoxy) is 2. The number of tetrazole rings is 1. The summed E-state index contributed by atoms with van der Waals surface area (Å²) in [7, 11) is 0. The Morgan fingerprint density at radius 2 is 2.00 bits per heavy atom. The highest BCUT2D eigenvalue weighted by molar-refractivity contribution is 5.79. The molecule has 0 unspecified atom stereocenters. The average molecular weight is 504 g/mol. The zero-order chi connectivity index (χ0) is 25.7. The number of benzene rings is 2. The molecule has 0 amide bonds. The molecule has 1 N–H and O–H groups in total. The molecule has 37 heavy (non-hydrogen) atoms. The quantitative estimate of drug-likeness (QED) is 0.369. The van der Waals surface area contributed by atoms with Gasteiger partial charge in [-0.1, -0.05) is 12.1 Å². The van der Waals surface area contributed by atoms with Crippen LogP contribution in [0.1, 0.15) is 35.1 Å². The molecule has 0 radical (unpaired) electrons. The number of pyridine rings is 1. The van der Waals surface area contributed by atoms with Crippen molar-refractivity contribution in [3.05, 3.63) is 76.5 Å². The number of carbonyl (C=O) groups excluding carboxylic acids is 1. The van der Waals surface area contributed by atoms with E-state index in [0.29, 0.717) is 34.7 Å². The maximum absolute atomic E-state index is 15.0. The number of H-pyrrole nitrogens is 1. The Balaban J connectivity index is 1.19. The summed E-state index contributed by atoms with van der Waals surface area (Å²) in [4.78, 5) is 16.5. The summed E-state index contributed by atoms with van der Waals surface area (Å²) in [6.07, 6.45) is 2.51. The summed E-state index contributed by atoms with van der Waals surface area (Å²) in [6, 6.07) is 9.46. The Bertz CT molecular complexity index is 1510. The summed E-state index contributed by atoms with van der Waals surface area (Å²) in [5, 5.41) is 13.6. The summed E-state index contributed by atoms with van der Waals surface area (Å²) >= 11 is 0. The summed E-state index contributed by atoms with van der Waals surface area (Å²) in [5.74, 6) is -0.0687. The van der Waals surface area contributed by atoms with Crippen LogP contribution in [0.15, 0.2) is 42.6 Å². The normalized spacial score (nSPS) is 19.3. The second-order valence-corrected chi connectivity index (χ2v) is 9.37. The van der Waals surface area contributed by atoms with Gasteiger partial charge in [0.2, 0.25) is 11.7 Å². The van der Waals surface area contributed by atoms with Gasteiger partial charge in [-0.3, -0.25) is 4.79 Å². The van der Waals surface area contributed by atoms with Crippen molar-refractivity contribution < 1.29 is 23.0 Å². The van der Waals surface area contributed by atoms with Gasteiger partial charge in [0.25, 0.3) is 0 Å². The highest BCUT2D eigenvalue weighted by Gasteiger charge is 2.60. The molecule has 3 atom stereocenters. The van der Waals surface area contributed by atoms with Crippen LogP contribution in [0.2, 0.25) is 0 Å². The van der Waals surface area contributed by atoms with Gasteiger partial charge in [-0.25, -0.2) is 13.8 Å². The molecule has 6 rings (SSSR count). The lowest BCUT2D eigenvalue weighted by molar-refractivity contribution is -0.145. The molecule has 0 spiro atoms. The van der Waals surface area contributed by atoms with Crippen LogP contribution in [-0.2, 0) is 22.6 Å². The molecule has 2 aromatic heterocycles. The summed E-state index contributed by atoms with van der Waals surface area (Å²) in [6.45, 7) is 3.85.